The smallest absolute Gasteiger partial charge is 0.250 e. The van der Waals surface area contributed by atoms with Gasteiger partial charge in [0.2, 0.25) is 0 Å². The molecule has 1 rings (SSSR count). The van der Waals surface area contributed by atoms with Crippen LogP contribution in [0.15, 0.2) is 23.4 Å². The van der Waals surface area contributed by atoms with Crippen LogP contribution in [0.5, 0.6) is 11.5 Å². The molecule has 0 atom stereocenters. The van der Waals surface area contributed by atoms with Gasteiger partial charge in [0.05, 0.1) is 7.11 Å². The van der Waals surface area contributed by atoms with E-state index in [0.29, 0.717) is 11.5 Å². The van der Waals surface area contributed by atoms with Crippen LogP contribution in [0, 0.1) is 4.91 Å². The highest BCUT2D eigenvalue weighted by atomic mass is 28.4. The molecule has 0 saturated carbocycles. The Labute approximate surface area is 116 Å². The number of benzene rings is 1. The average Bonchev–Trinajstić information content (AvgIpc) is 2.28. The lowest BCUT2D eigenvalue weighted by atomic mass is 10.2. The first-order valence-corrected chi connectivity index (χ1v) is 9.27. The van der Waals surface area contributed by atoms with Gasteiger partial charge in [0.25, 0.3) is 8.32 Å². The van der Waals surface area contributed by atoms with Gasteiger partial charge in [-0.3, -0.25) is 0 Å². The number of nitrogens with zero attached hydrogens (tertiary/aromatic N) is 1. The molecule has 0 N–H and O–H groups in total. The quantitative estimate of drug-likeness (QED) is 0.595. The summed E-state index contributed by atoms with van der Waals surface area (Å²) in [5, 5.41) is 3.02. The third kappa shape index (κ3) is 3.80. The lowest BCUT2D eigenvalue weighted by Gasteiger charge is -2.36. The summed E-state index contributed by atoms with van der Waals surface area (Å²) in [6.45, 7) is 11.1. The second-order valence-electron chi connectivity index (χ2n) is 6.13. The molecule has 106 valence electrons. The Morgan fingerprint density at radius 2 is 1.84 bits per heavy atom. The van der Waals surface area contributed by atoms with Crippen molar-refractivity contribution in [3.05, 3.63) is 28.7 Å². The Bertz CT molecular complexity index is 452. The maximum absolute atomic E-state index is 10.4. The summed E-state index contributed by atoms with van der Waals surface area (Å²) >= 11 is 0. The predicted octanol–water partition coefficient (Wildman–Crippen LogP) is 4.35. The van der Waals surface area contributed by atoms with Gasteiger partial charge in [-0.25, -0.2) is 0 Å². The lowest BCUT2D eigenvalue weighted by Crippen LogP contribution is -2.43. The van der Waals surface area contributed by atoms with Gasteiger partial charge in [0.1, 0.15) is 12.3 Å². The Balaban J connectivity index is 3.10. The van der Waals surface area contributed by atoms with Crippen LogP contribution in [0.1, 0.15) is 26.3 Å². The fraction of sp³-hybridized carbons (Fsp3) is 0.571. The summed E-state index contributed by atoms with van der Waals surface area (Å²) in [6.07, 6.45) is 0. The van der Waals surface area contributed by atoms with Gasteiger partial charge in [0.15, 0.2) is 5.75 Å². The molecule has 0 bridgehead atoms. The van der Waals surface area contributed by atoms with E-state index in [1.807, 2.05) is 18.2 Å². The van der Waals surface area contributed by atoms with Crippen LogP contribution in [0.4, 0.5) is 0 Å². The number of hydrogen-bond acceptors (Lipinski definition) is 4. The van der Waals surface area contributed by atoms with E-state index in [4.69, 9.17) is 9.16 Å². The van der Waals surface area contributed by atoms with E-state index in [2.05, 4.69) is 39.0 Å². The molecule has 0 amide bonds. The molecular formula is C14H23NO3Si. The highest BCUT2D eigenvalue weighted by molar-refractivity contribution is 6.74. The first-order valence-electron chi connectivity index (χ1n) is 6.36. The van der Waals surface area contributed by atoms with Gasteiger partial charge >= 0.3 is 0 Å². The Hall–Kier alpha value is -1.36. The second kappa shape index (κ2) is 5.73. The van der Waals surface area contributed by atoms with Crippen molar-refractivity contribution >= 4 is 8.32 Å². The van der Waals surface area contributed by atoms with Crippen molar-refractivity contribution in [2.24, 2.45) is 5.18 Å². The van der Waals surface area contributed by atoms with Crippen LogP contribution < -0.4 is 9.16 Å². The van der Waals surface area contributed by atoms with Crippen LogP contribution in [0.2, 0.25) is 18.1 Å². The van der Waals surface area contributed by atoms with Crippen LogP contribution in [-0.2, 0) is 6.54 Å². The third-order valence-electron chi connectivity index (χ3n) is 3.65. The average molecular weight is 281 g/mol. The molecule has 1 aromatic rings. The van der Waals surface area contributed by atoms with Gasteiger partial charge in [-0.05, 0) is 35.8 Å². The van der Waals surface area contributed by atoms with Crippen molar-refractivity contribution in [3.63, 3.8) is 0 Å². The Kier molecular flexibility index (Phi) is 4.74. The SMILES string of the molecule is COc1ccc(CN=O)cc1O[Si](C)(C)C(C)(C)C. The number of nitroso groups, excluding NO2 is 1. The Morgan fingerprint density at radius 3 is 2.32 bits per heavy atom. The molecule has 0 aromatic heterocycles. The third-order valence-corrected chi connectivity index (χ3v) is 7.99. The normalized spacial score (nSPS) is 12.1. The largest absolute Gasteiger partial charge is 0.541 e. The molecule has 0 spiro atoms. The fourth-order valence-electron chi connectivity index (χ4n) is 1.40. The standard InChI is InChI=1S/C14H23NO3Si/c1-14(2,3)19(5,6)18-13-9-11(10-15-16)7-8-12(13)17-4/h7-9H,10H2,1-6H3. The first-order chi connectivity index (χ1) is 8.71. The molecular weight excluding hydrogens is 258 g/mol. The fourth-order valence-corrected chi connectivity index (χ4v) is 2.42. The molecule has 19 heavy (non-hydrogen) atoms. The molecule has 1 aromatic carbocycles. The lowest BCUT2D eigenvalue weighted by molar-refractivity contribution is 0.385. The number of rotatable bonds is 5. The van der Waals surface area contributed by atoms with Crippen molar-refractivity contribution in [3.8, 4) is 11.5 Å². The van der Waals surface area contributed by atoms with E-state index in [-0.39, 0.29) is 11.6 Å². The van der Waals surface area contributed by atoms with Crippen molar-refractivity contribution in [2.45, 2.75) is 45.4 Å². The summed E-state index contributed by atoms with van der Waals surface area (Å²) in [4.78, 5) is 10.4. The van der Waals surface area contributed by atoms with Gasteiger partial charge in [-0.15, -0.1) is 0 Å². The van der Waals surface area contributed by atoms with Gasteiger partial charge in [-0.2, -0.15) is 4.91 Å². The minimum Gasteiger partial charge on any atom is -0.541 e. The molecule has 5 heteroatoms. The highest BCUT2D eigenvalue weighted by Crippen LogP contribution is 2.40. The van der Waals surface area contributed by atoms with Crippen LogP contribution in [0.25, 0.3) is 0 Å². The number of hydrogen-bond donors (Lipinski definition) is 0. The van der Waals surface area contributed by atoms with Crippen molar-refractivity contribution < 1.29 is 9.16 Å². The first kappa shape index (κ1) is 15.7. The Morgan fingerprint density at radius 1 is 1.21 bits per heavy atom. The molecule has 0 radical (unpaired) electrons. The summed E-state index contributed by atoms with van der Waals surface area (Å²) in [6, 6.07) is 5.50. The minimum atomic E-state index is -1.93. The van der Waals surface area contributed by atoms with Crippen molar-refractivity contribution in [2.75, 3.05) is 7.11 Å². The molecule has 4 nitrogen and oxygen atoms in total. The van der Waals surface area contributed by atoms with Gasteiger partial charge < -0.3 is 9.16 Å². The summed E-state index contributed by atoms with van der Waals surface area (Å²) < 4.78 is 11.6. The van der Waals surface area contributed by atoms with Gasteiger partial charge in [-0.1, -0.05) is 32.0 Å². The molecule has 0 aliphatic rings. The van der Waals surface area contributed by atoms with Crippen LogP contribution in [0.3, 0.4) is 0 Å². The molecule has 0 unspecified atom stereocenters. The molecule has 0 fully saturated rings. The van der Waals surface area contributed by atoms with E-state index >= 15 is 0 Å². The minimum absolute atomic E-state index is 0.108. The van der Waals surface area contributed by atoms with E-state index < -0.39 is 8.32 Å². The molecule has 0 saturated heterocycles. The number of methoxy groups -OCH3 is 1. The summed E-state index contributed by atoms with van der Waals surface area (Å²) in [5.41, 5.74) is 0.838. The highest BCUT2D eigenvalue weighted by Gasteiger charge is 2.39. The summed E-state index contributed by atoms with van der Waals surface area (Å²) in [7, 11) is -0.311. The van der Waals surface area contributed by atoms with Crippen LogP contribution >= 0.6 is 0 Å². The maximum atomic E-state index is 10.4. The zero-order chi connectivity index (χ0) is 14.7. The van der Waals surface area contributed by atoms with Gasteiger partial charge in [0, 0.05) is 0 Å². The van der Waals surface area contributed by atoms with E-state index in [0.717, 1.165) is 5.56 Å². The zero-order valence-corrected chi connectivity index (χ0v) is 13.6. The predicted molar refractivity (Wildman–Crippen MR) is 80.3 cm³/mol. The molecule has 0 aliphatic heterocycles. The molecule has 0 aliphatic carbocycles. The van der Waals surface area contributed by atoms with E-state index in [1.54, 1.807) is 7.11 Å². The topological polar surface area (TPSA) is 47.9 Å². The molecule has 0 heterocycles. The number of ether oxygens (including phenoxy) is 1. The summed E-state index contributed by atoms with van der Waals surface area (Å²) in [5.74, 6) is 1.40. The van der Waals surface area contributed by atoms with Crippen molar-refractivity contribution in [1.82, 2.24) is 0 Å². The van der Waals surface area contributed by atoms with Crippen LogP contribution in [-0.4, -0.2) is 15.4 Å². The monoisotopic (exact) mass is 281 g/mol. The van der Waals surface area contributed by atoms with E-state index in [1.165, 1.54) is 0 Å². The second-order valence-corrected chi connectivity index (χ2v) is 10.9. The van der Waals surface area contributed by atoms with Crippen molar-refractivity contribution in [1.29, 1.82) is 0 Å². The maximum Gasteiger partial charge on any atom is 0.250 e. The zero-order valence-electron chi connectivity index (χ0n) is 12.6. The van der Waals surface area contributed by atoms with E-state index in [9.17, 15) is 4.91 Å².